The van der Waals surface area contributed by atoms with Crippen molar-refractivity contribution in [2.75, 3.05) is 11.9 Å². The van der Waals surface area contributed by atoms with Gasteiger partial charge in [-0.15, -0.1) is 0 Å². The molecule has 1 aliphatic rings. The van der Waals surface area contributed by atoms with Crippen molar-refractivity contribution in [1.82, 2.24) is 4.90 Å². The highest BCUT2D eigenvalue weighted by Gasteiger charge is 2.35. The van der Waals surface area contributed by atoms with Crippen molar-refractivity contribution in [1.29, 1.82) is 0 Å². The van der Waals surface area contributed by atoms with Crippen LogP contribution in [0.15, 0.2) is 48.5 Å². The molecule has 5 heteroatoms. The van der Waals surface area contributed by atoms with Crippen LogP contribution in [0.3, 0.4) is 0 Å². The van der Waals surface area contributed by atoms with Gasteiger partial charge in [0.15, 0.2) is 5.75 Å². The van der Waals surface area contributed by atoms with Crippen molar-refractivity contribution < 1.29 is 14.3 Å². The quantitative estimate of drug-likeness (QED) is 0.885. The molecular formula is C21H24N2O3. The second-order valence-electron chi connectivity index (χ2n) is 6.94. The molecule has 2 aromatic carbocycles. The second kappa shape index (κ2) is 7.60. The fraction of sp³-hybridized carbons (Fsp3) is 0.333. The average Bonchev–Trinajstić information content (AvgIpc) is 3.01. The number of likely N-dealkylation sites (tertiary alicyclic amines) is 1. The van der Waals surface area contributed by atoms with Crippen molar-refractivity contribution in [3.05, 3.63) is 54.1 Å². The number of benzene rings is 2. The van der Waals surface area contributed by atoms with Crippen molar-refractivity contribution >= 4 is 17.5 Å². The third-order valence-electron chi connectivity index (χ3n) is 4.55. The van der Waals surface area contributed by atoms with Crippen LogP contribution in [0.5, 0.6) is 11.5 Å². The molecule has 5 nitrogen and oxygen atoms in total. The molecule has 1 fully saturated rings. The average molecular weight is 352 g/mol. The van der Waals surface area contributed by atoms with E-state index in [0.29, 0.717) is 23.7 Å². The third-order valence-corrected chi connectivity index (χ3v) is 4.55. The molecule has 0 aliphatic carbocycles. The van der Waals surface area contributed by atoms with Gasteiger partial charge >= 0.3 is 0 Å². The van der Waals surface area contributed by atoms with Gasteiger partial charge in [-0.25, -0.2) is 0 Å². The Hall–Kier alpha value is -2.82. The normalized spacial score (nSPS) is 16.8. The smallest absolute Gasteiger partial charge is 0.229 e. The Morgan fingerprint density at radius 3 is 2.50 bits per heavy atom. The first-order valence-corrected chi connectivity index (χ1v) is 8.88. The number of carbonyl (C=O) groups excluding carboxylic acids is 2. The third kappa shape index (κ3) is 4.04. The Morgan fingerprint density at radius 1 is 1.15 bits per heavy atom. The van der Waals surface area contributed by atoms with Gasteiger partial charge in [-0.05, 0) is 45.0 Å². The van der Waals surface area contributed by atoms with Gasteiger partial charge in [0, 0.05) is 19.0 Å². The molecule has 0 aromatic heterocycles. The highest BCUT2D eigenvalue weighted by atomic mass is 16.5. The van der Waals surface area contributed by atoms with Gasteiger partial charge in [0.2, 0.25) is 11.8 Å². The summed E-state index contributed by atoms with van der Waals surface area (Å²) in [5.41, 5.74) is 1.76. The molecule has 26 heavy (non-hydrogen) atoms. The predicted octanol–water partition coefficient (Wildman–Crippen LogP) is 3.98. The number of nitrogens with zero attached hydrogens (tertiary/aromatic N) is 1. The molecule has 1 saturated heterocycles. The van der Waals surface area contributed by atoms with Gasteiger partial charge in [-0.3, -0.25) is 9.59 Å². The summed E-state index contributed by atoms with van der Waals surface area (Å²) < 4.78 is 5.92. The first-order valence-electron chi connectivity index (χ1n) is 8.88. The monoisotopic (exact) mass is 352 g/mol. The summed E-state index contributed by atoms with van der Waals surface area (Å²) in [6, 6.07) is 15.2. The number of aryl methyl sites for hydroxylation is 1. The van der Waals surface area contributed by atoms with Crippen LogP contribution < -0.4 is 10.1 Å². The van der Waals surface area contributed by atoms with Crippen LogP contribution in [0.2, 0.25) is 0 Å². The van der Waals surface area contributed by atoms with E-state index in [1.54, 1.807) is 11.0 Å². The fourth-order valence-corrected chi connectivity index (χ4v) is 3.03. The summed E-state index contributed by atoms with van der Waals surface area (Å²) in [7, 11) is 0. The Balaban J connectivity index is 1.71. The molecule has 136 valence electrons. The molecule has 1 N–H and O–H groups in total. The van der Waals surface area contributed by atoms with E-state index in [0.717, 1.165) is 5.56 Å². The van der Waals surface area contributed by atoms with Crippen LogP contribution in [0.4, 0.5) is 5.69 Å². The number of carbonyl (C=O) groups is 2. The highest BCUT2D eigenvalue weighted by Crippen LogP contribution is 2.30. The van der Waals surface area contributed by atoms with Crippen LogP contribution in [0.1, 0.15) is 25.8 Å². The number of anilines is 1. The molecule has 0 unspecified atom stereocenters. The topological polar surface area (TPSA) is 58.6 Å². The summed E-state index contributed by atoms with van der Waals surface area (Å²) in [4.78, 5) is 26.4. The SMILES string of the molecule is Cc1ccc(Oc2ccccc2NC(=O)[C@@H]2CC(=O)N(C(C)C)C2)cc1. The van der Waals surface area contributed by atoms with Gasteiger partial charge in [0.1, 0.15) is 5.75 Å². The number of hydrogen-bond donors (Lipinski definition) is 1. The molecule has 2 aromatic rings. The number of rotatable bonds is 5. The molecule has 1 atom stereocenters. The maximum atomic E-state index is 12.6. The number of para-hydroxylation sites is 2. The Kier molecular flexibility index (Phi) is 5.26. The van der Waals surface area contributed by atoms with E-state index in [4.69, 9.17) is 4.74 Å². The van der Waals surface area contributed by atoms with Crippen LogP contribution in [-0.2, 0) is 9.59 Å². The lowest BCUT2D eigenvalue weighted by Gasteiger charge is -2.21. The molecule has 0 bridgehead atoms. The second-order valence-corrected chi connectivity index (χ2v) is 6.94. The number of hydrogen-bond acceptors (Lipinski definition) is 3. The summed E-state index contributed by atoms with van der Waals surface area (Å²) in [6.45, 7) is 6.40. The molecule has 1 heterocycles. The minimum Gasteiger partial charge on any atom is -0.455 e. The van der Waals surface area contributed by atoms with E-state index < -0.39 is 0 Å². The summed E-state index contributed by atoms with van der Waals surface area (Å²) in [5, 5.41) is 2.92. The van der Waals surface area contributed by atoms with Gasteiger partial charge < -0.3 is 15.0 Å². The first-order chi connectivity index (χ1) is 12.4. The predicted molar refractivity (Wildman–Crippen MR) is 101 cm³/mol. The Morgan fingerprint density at radius 2 is 1.85 bits per heavy atom. The first kappa shape index (κ1) is 18.0. The molecule has 0 saturated carbocycles. The van der Waals surface area contributed by atoms with Crippen molar-refractivity contribution in [2.45, 2.75) is 33.2 Å². The minimum absolute atomic E-state index is 0.0318. The molecule has 0 spiro atoms. The number of amides is 2. The zero-order valence-electron chi connectivity index (χ0n) is 15.4. The van der Waals surface area contributed by atoms with Crippen LogP contribution in [0, 0.1) is 12.8 Å². The molecule has 2 amide bonds. The van der Waals surface area contributed by atoms with E-state index in [-0.39, 0.29) is 30.2 Å². The van der Waals surface area contributed by atoms with Crippen LogP contribution in [-0.4, -0.2) is 29.3 Å². The molecule has 3 rings (SSSR count). The molecular weight excluding hydrogens is 328 g/mol. The standard InChI is InChI=1S/C21H24N2O3/c1-14(2)23-13-16(12-20(23)24)21(25)22-18-6-4-5-7-19(18)26-17-10-8-15(3)9-11-17/h4-11,14,16H,12-13H2,1-3H3,(H,22,25)/t16-/m1/s1. The molecule has 1 aliphatic heterocycles. The maximum absolute atomic E-state index is 12.6. The van der Waals surface area contributed by atoms with Gasteiger partial charge in [0.05, 0.1) is 11.6 Å². The van der Waals surface area contributed by atoms with Crippen LogP contribution in [0.25, 0.3) is 0 Å². The van der Waals surface area contributed by atoms with Gasteiger partial charge in [0.25, 0.3) is 0 Å². The Bertz CT molecular complexity index is 799. The molecule has 0 radical (unpaired) electrons. The van der Waals surface area contributed by atoms with Gasteiger partial charge in [-0.1, -0.05) is 29.8 Å². The summed E-state index contributed by atoms with van der Waals surface area (Å²) in [6.07, 6.45) is 0.255. The van der Waals surface area contributed by atoms with E-state index in [1.165, 1.54) is 0 Å². The lowest BCUT2D eigenvalue weighted by molar-refractivity contribution is -0.129. The minimum atomic E-state index is -0.336. The van der Waals surface area contributed by atoms with Crippen molar-refractivity contribution in [3.63, 3.8) is 0 Å². The summed E-state index contributed by atoms with van der Waals surface area (Å²) in [5.74, 6) is 0.831. The lowest BCUT2D eigenvalue weighted by atomic mass is 10.1. The number of nitrogens with one attached hydrogen (secondary N) is 1. The highest BCUT2D eigenvalue weighted by molar-refractivity contribution is 5.98. The largest absolute Gasteiger partial charge is 0.455 e. The number of ether oxygens (including phenoxy) is 1. The summed E-state index contributed by atoms with van der Waals surface area (Å²) >= 11 is 0. The Labute approximate surface area is 154 Å². The van der Waals surface area contributed by atoms with E-state index in [1.807, 2.05) is 63.2 Å². The van der Waals surface area contributed by atoms with E-state index in [2.05, 4.69) is 5.32 Å². The van der Waals surface area contributed by atoms with E-state index >= 15 is 0 Å². The van der Waals surface area contributed by atoms with Crippen molar-refractivity contribution in [3.8, 4) is 11.5 Å². The maximum Gasteiger partial charge on any atom is 0.229 e. The van der Waals surface area contributed by atoms with Gasteiger partial charge in [-0.2, -0.15) is 0 Å². The van der Waals surface area contributed by atoms with E-state index in [9.17, 15) is 9.59 Å². The fourth-order valence-electron chi connectivity index (χ4n) is 3.03. The van der Waals surface area contributed by atoms with Crippen molar-refractivity contribution in [2.24, 2.45) is 5.92 Å². The van der Waals surface area contributed by atoms with Crippen LogP contribution >= 0.6 is 0 Å². The zero-order chi connectivity index (χ0) is 18.7. The lowest BCUT2D eigenvalue weighted by Crippen LogP contribution is -2.33. The zero-order valence-corrected chi connectivity index (χ0v) is 15.4.